The molecule has 3 nitrogen and oxygen atoms in total. The van der Waals surface area contributed by atoms with E-state index >= 15 is 0 Å². The van der Waals surface area contributed by atoms with E-state index in [-0.39, 0.29) is 17.7 Å². The van der Waals surface area contributed by atoms with Crippen molar-refractivity contribution >= 4 is 58.0 Å². The van der Waals surface area contributed by atoms with E-state index in [1.54, 1.807) is 24.3 Å². The Morgan fingerprint density at radius 3 is 2.13 bits per heavy atom. The molecule has 0 saturated heterocycles. The first-order valence-electron chi connectivity index (χ1n) is 8.69. The van der Waals surface area contributed by atoms with Gasteiger partial charge in [-0.3, -0.25) is 0 Å². The minimum absolute atomic E-state index is 0.116. The Morgan fingerprint density at radius 2 is 1.47 bits per heavy atom. The molecule has 0 aliphatic heterocycles. The minimum Gasteiger partial charge on any atom is -0.489 e. The summed E-state index contributed by atoms with van der Waals surface area (Å²) >= 11 is 30.0. The number of rotatable bonds is 8. The minimum atomic E-state index is 0.116. The molecule has 0 radical (unpaired) electrons. The van der Waals surface area contributed by atoms with Crippen LogP contribution in [0.3, 0.4) is 0 Å². The molecule has 3 rings (SSSR count). The maximum Gasteiger partial charge on any atom is 0.157 e. The zero-order valence-corrected chi connectivity index (χ0v) is 19.2. The maximum atomic E-state index is 6.30. The first-order chi connectivity index (χ1) is 14.4. The Bertz CT molecular complexity index is 1010. The van der Waals surface area contributed by atoms with Crippen molar-refractivity contribution < 1.29 is 14.2 Å². The summed E-state index contributed by atoms with van der Waals surface area (Å²) in [5.74, 6) is 2.02. The van der Waals surface area contributed by atoms with Crippen LogP contribution in [0.25, 0.3) is 0 Å². The van der Waals surface area contributed by atoms with E-state index in [0.717, 1.165) is 5.56 Å². The third-order valence-electron chi connectivity index (χ3n) is 3.81. The first kappa shape index (κ1) is 22.9. The molecule has 0 atom stereocenters. The standard InChI is InChI=1S/C22H15Cl5O3/c23-17-7-6-14(10-20(17)30-15-4-2-1-3-5-15)13-29-22-18(24)11-16(12-19(22)25)28-9-8-21(26)27/h1-8,10-12H,9,13H2. The summed E-state index contributed by atoms with van der Waals surface area (Å²) < 4.78 is 17.3. The molecule has 0 amide bonds. The Hall–Kier alpha value is -1.75. The number of benzene rings is 3. The zero-order valence-electron chi connectivity index (χ0n) is 15.4. The van der Waals surface area contributed by atoms with Crippen LogP contribution in [0.4, 0.5) is 0 Å². The van der Waals surface area contributed by atoms with Crippen LogP contribution in [0.2, 0.25) is 15.1 Å². The molecule has 156 valence electrons. The van der Waals surface area contributed by atoms with Crippen molar-refractivity contribution in [1.82, 2.24) is 0 Å². The van der Waals surface area contributed by atoms with Gasteiger partial charge in [0, 0.05) is 12.1 Å². The van der Waals surface area contributed by atoms with Gasteiger partial charge in [0.05, 0.1) is 15.1 Å². The van der Waals surface area contributed by atoms with Gasteiger partial charge in [-0.15, -0.1) is 0 Å². The van der Waals surface area contributed by atoms with Gasteiger partial charge >= 0.3 is 0 Å². The molecule has 0 aromatic heterocycles. The Labute approximate surface area is 199 Å². The fourth-order valence-electron chi connectivity index (χ4n) is 2.45. The predicted octanol–water partition coefficient (Wildman–Crippen LogP) is 8.72. The summed E-state index contributed by atoms with van der Waals surface area (Å²) in [4.78, 5) is 0. The first-order valence-corrected chi connectivity index (χ1v) is 10.6. The van der Waals surface area contributed by atoms with E-state index in [2.05, 4.69) is 0 Å². The molecule has 0 fully saturated rings. The normalized spacial score (nSPS) is 10.4. The quantitative estimate of drug-likeness (QED) is 0.307. The highest BCUT2D eigenvalue weighted by Gasteiger charge is 2.12. The van der Waals surface area contributed by atoms with Crippen LogP contribution in [0, 0.1) is 0 Å². The summed E-state index contributed by atoms with van der Waals surface area (Å²) in [5.41, 5.74) is 0.833. The van der Waals surface area contributed by atoms with Gasteiger partial charge in [-0.05, 0) is 35.9 Å². The molecule has 0 heterocycles. The van der Waals surface area contributed by atoms with Crippen LogP contribution in [0.15, 0.2) is 71.2 Å². The van der Waals surface area contributed by atoms with Crippen LogP contribution in [-0.4, -0.2) is 6.61 Å². The summed E-state index contributed by atoms with van der Waals surface area (Å²) in [6.45, 7) is 0.400. The van der Waals surface area contributed by atoms with Gasteiger partial charge in [0.15, 0.2) is 5.75 Å². The van der Waals surface area contributed by atoms with Gasteiger partial charge in [-0.25, -0.2) is 0 Å². The smallest absolute Gasteiger partial charge is 0.157 e. The van der Waals surface area contributed by atoms with Crippen LogP contribution in [0.5, 0.6) is 23.0 Å². The number of halogens is 5. The molecule has 0 bridgehead atoms. The van der Waals surface area contributed by atoms with E-state index < -0.39 is 0 Å². The van der Waals surface area contributed by atoms with Crippen molar-refractivity contribution in [2.45, 2.75) is 6.61 Å². The lowest BCUT2D eigenvalue weighted by atomic mass is 10.2. The van der Waals surface area contributed by atoms with E-state index in [9.17, 15) is 0 Å². The third kappa shape index (κ3) is 6.63. The Morgan fingerprint density at radius 1 is 0.767 bits per heavy atom. The number of ether oxygens (including phenoxy) is 3. The van der Waals surface area contributed by atoms with Gasteiger partial charge in [-0.1, -0.05) is 82.3 Å². The monoisotopic (exact) mass is 502 g/mol. The van der Waals surface area contributed by atoms with E-state index in [1.807, 2.05) is 36.4 Å². The molecule has 0 aliphatic carbocycles. The molecule has 3 aromatic rings. The van der Waals surface area contributed by atoms with E-state index in [0.29, 0.717) is 38.1 Å². The van der Waals surface area contributed by atoms with Crippen molar-refractivity contribution in [2.24, 2.45) is 0 Å². The largest absolute Gasteiger partial charge is 0.489 e. The highest BCUT2D eigenvalue weighted by molar-refractivity contribution is 6.55. The number of hydrogen-bond donors (Lipinski definition) is 0. The van der Waals surface area contributed by atoms with Crippen LogP contribution < -0.4 is 14.2 Å². The molecule has 0 N–H and O–H groups in total. The SMILES string of the molecule is ClC(Cl)=CCOc1cc(Cl)c(OCc2ccc(Cl)c(Oc3ccccc3)c2)c(Cl)c1. The molecule has 0 unspecified atom stereocenters. The van der Waals surface area contributed by atoms with Gasteiger partial charge in [0.2, 0.25) is 0 Å². The molecule has 3 aromatic carbocycles. The van der Waals surface area contributed by atoms with Crippen LogP contribution in [0.1, 0.15) is 5.56 Å². The lowest BCUT2D eigenvalue weighted by Crippen LogP contribution is -1.99. The molecule has 8 heteroatoms. The molecular weight excluding hydrogens is 490 g/mol. The highest BCUT2D eigenvalue weighted by Crippen LogP contribution is 2.38. The molecular formula is C22H15Cl5O3. The zero-order chi connectivity index (χ0) is 21.5. The second-order valence-electron chi connectivity index (χ2n) is 5.99. The number of para-hydroxylation sites is 1. The maximum absolute atomic E-state index is 6.30. The fourth-order valence-corrected chi connectivity index (χ4v) is 3.30. The van der Waals surface area contributed by atoms with Gasteiger partial charge < -0.3 is 14.2 Å². The topological polar surface area (TPSA) is 27.7 Å². The fraction of sp³-hybridized carbons (Fsp3) is 0.0909. The molecule has 30 heavy (non-hydrogen) atoms. The summed E-state index contributed by atoms with van der Waals surface area (Å²) in [6.07, 6.45) is 1.50. The van der Waals surface area contributed by atoms with E-state index in [1.165, 1.54) is 6.08 Å². The Kier molecular flexibility index (Phi) is 8.43. The average molecular weight is 505 g/mol. The second kappa shape index (κ2) is 11.0. The highest BCUT2D eigenvalue weighted by atomic mass is 35.5. The molecule has 0 spiro atoms. The second-order valence-corrected chi connectivity index (χ2v) is 8.22. The summed E-state index contributed by atoms with van der Waals surface area (Å²) in [5, 5.41) is 1.12. The van der Waals surface area contributed by atoms with Crippen LogP contribution in [-0.2, 0) is 6.61 Å². The Balaban J connectivity index is 1.69. The molecule has 0 aliphatic rings. The third-order valence-corrected chi connectivity index (χ3v) is 4.99. The summed E-state index contributed by atoms with van der Waals surface area (Å²) in [7, 11) is 0. The van der Waals surface area contributed by atoms with Crippen LogP contribution >= 0.6 is 58.0 Å². The predicted molar refractivity (Wildman–Crippen MR) is 124 cm³/mol. The van der Waals surface area contributed by atoms with Gasteiger partial charge in [0.1, 0.15) is 35.0 Å². The van der Waals surface area contributed by atoms with Gasteiger partial charge in [-0.2, -0.15) is 0 Å². The average Bonchev–Trinajstić information content (AvgIpc) is 2.70. The number of hydrogen-bond acceptors (Lipinski definition) is 3. The summed E-state index contributed by atoms with van der Waals surface area (Å²) in [6, 6.07) is 18.0. The lowest BCUT2D eigenvalue weighted by molar-refractivity contribution is 0.304. The van der Waals surface area contributed by atoms with Crippen molar-refractivity contribution in [1.29, 1.82) is 0 Å². The lowest BCUT2D eigenvalue weighted by Gasteiger charge is -2.13. The van der Waals surface area contributed by atoms with Gasteiger partial charge in [0.25, 0.3) is 0 Å². The van der Waals surface area contributed by atoms with Crippen molar-refractivity contribution in [3.63, 3.8) is 0 Å². The van der Waals surface area contributed by atoms with E-state index in [4.69, 9.17) is 72.2 Å². The molecule has 0 saturated carbocycles. The van der Waals surface area contributed by atoms with Crippen molar-refractivity contribution in [2.75, 3.05) is 6.61 Å². The van der Waals surface area contributed by atoms with Crippen molar-refractivity contribution in [3.05, 3.63) is 91.9 Å². The van der Waals surface area contributed by atoms with Crippen molar-refractivity contribution in [3.8, 4) is 23.0 Å².